The minimum absolute atomic E-state index is 0.148. The highest BCUT2D eigenvalue weighted by Crippen LogP contribution is 2.38. The van der Waals surface area contributed by atoms with Gasteiger partial charge in [0.15, 0.2) is 11.5 Å². The minimum Gasteiger partial charge on any atom is -0.454 e. The van der Waals surface area contributed by atoms with Crippen LogP contribution in [0, 0.1) is 0 Å². The average Bonchev–Trinajstić information content (AvgIpc) is 3.42. The number of aromatic amines is 1. The Morgan fingerprint density at radius 1 is 1.07 bits per heavy atom. The molecule has 152 valence electrons. The number of rotatable bonds is 2. The molecular weight excluding hydrogens is 406 g/mol. The van der Waals surface area contributed by atoms with Gasteiger partial charge in [0.25, 0.3) is 5.91 Å². The van der Waals surface area contributed by atoms with Gasteiger partial charge in [0.2, 0.25) is 12.7 Å². The molecule has 0 saturated carbocycles. The first-order valence-corrected chi connectivity index (χ1v) is 10.3. The molecule has 0 unspecified atom stereocenters. The maximum Gasteiger partial charge on any atom is 0.251 e. The summed E-state index contributed by atoms with van der Waals surface area (Å²) >= 11 is 6.17. The molecule has 4 heterocycles. The summed E-state index contributed by atoms with van der Waals surface area (Å²) in [6.45, 7) is 1.46. The maximum atomic E-state index is 13.2. The summed E-state index contributed by atoms with van der Waals surface area (Å²) in [7, 11) is 0. The Morgan fingerprint density at radius 3 is 2.83 bits per heavy atom. The Morgan fingerprint density at radius 2 is 1.93 bits per heavy atom. The number of ether oxygens (including phenoxy) is 2. The molecule has 0 bridgehead atoms. The number of carbonyl (C=O) groups excluding carboxylic acids is 2. The first-order chi connectivity index (χ1) is 14.6. The number of benzene rings is 2. The quantitative estimate of drug-likeness (QED) is 0.640. The van der Waals surface area contributed by atoms with Crippen molar-refractivity contribution in [1.82, 2.24) is 9.88 Å². The molecule has 1 N–H and O–H groups in total. The van der Waals surface area contributed by atoms with Gasteiger partial charge in [-0.2, -0.15) is 0 Å². The van der Waals surface area contributed by atoms with E-state index >= 15 is 0 Å². The second-order valence-electron chi connectivity index (χ2n) is 7.82. The zero-order valence-corrected chi connectivity index (χ0v) is 16.7. The summed E-state index contributed by atoms with van der Waals surface area (Å²) in [5, 5.41) is 1.84. The summed E-state index contributed by atoms with van der Waals surface area (Å²) in [4.78, 5) is 32.8. The molecule has 1 atom stereocenters. The Labute approximate surface area is 177 Å². The lowest BCUT2D eigenvalue weighted by Gasteiger charge is -2.30. The molecular formula is C22H18ClN3O4. The van der Waals surface area contributed by atoms with Gasteiger partial charge in [0, 0.05) is 40.8 Å². The number of hydrogen-bond donors (Lipinski definition) is 1. The van der Waals surface area contributed by atoms with Crippen LogP contribution < -0.4 is 14.4 Å². The van der Waals surface area contributed by atoms with Crippen LogP contribution in [0.25, 0.3) is 10.9 Å². The molecule has 1 fully saturated rings. The second kappa shape index (κ2) is 6.48. The van der Waals surface area contributed by atoms with Crippen LogP contribution in [0.5, 0.6) is 11.5 Å². The van der Waals surface area contributed by atoms with Gasteiger partial charge in [-0.3, -0.25) is 14.5 Å². The molecule has 3 aromatic rings. The number of aromatic nitrogens is 1. The number of nitrogens with zero attached hydrogens (tertiary/aromatic N) is 2. The van der Waals surface area contributed by atoms with Crippen LogP contribution in [-0.2, 0) is 22.6 Å². The Bertz CT molecular complexity index is 1220. The summed E-state index contributed by atoms with van der Waals surface area (Å²) in [6.07, 6.45) is 0.979. The molecule has 2 amide bonds. The van der Waals surface area contributed by atoms with E-state index in [9.17, 15) is 9.59 Å². The van der Waals surface area contributed by atoms with E-state index in [0.29, 0.717) is 35.3 Å². The van der Waals surface area contributed by atoms with Crippen molar-refractivity contribution in [2.24, 2.45) is 0 Å². The lowest BCUT2D eigenvalue weighted by molar-refractivity contribution is -0.123. The van der Waals surface area contributed by atoms with Gasteiger partial charge in [-0.15, -0.1) is 0 Å². The van der Waals surface area contributed by atoms with Crippen molar-refractivity contribution in [1.29, 1.82) is 0 Å². The molecule has 6 rings (SSSR count). The van der Waals surface area contributed by atoms with Crippen LogP contribution in [0.4, 0.5) is 5.69 Å². The van der Waals surface area contributed by atoms with Crippen LogP contribution in [-0.4, -0.2) is 41.1 Å². The van der Waals surface area contributed by atoms with E-state index in [4.69, 9.17) is 21.1 Å². The highest BCUT2D eigenvalue weighted by molar-refractivity contribution is 6.31. The van der Waals surface area contributed by atoms with Crippen LogP contribution in [0.3, 0.4) is 0 Å². The van der Waals surface area contributed by atoms with Crippen molar-refractivity contribution in [3.8, 4) is 11.5 Å². The fourth-order valence-electron chi connectivity index (χ4n) is 4.70. The molecule has 0 aliphatic carbocycles. The van der Waals surface area contributed by atoms with E-state index in [1.54, 1.807) is 18.2 Å². The summed E-state index contributed by atoms with van der Waals surface area (Å²) in [5.74, 6) is 0.785. The van der Waals surface area contributed by atoms with Crippen LogP contribution in [0.1, 0.15) is 17.7 Å². The molecule has 7 nitrogen and oxygen atoms in total. The van der Waals surface area contributed by atoms with Gasteiger partial charge in [-0.25, -0.2) is 4.90 Å². The Balaban J connectivity index is 1.28. The van der Waals surface area contributed by atoms with Crippen molar-refractivity contribution < 1.29 is 19.1 Å². The standard InChI is InChI=1S/C22H18ClN3O4/c23-12-1-3-16-15(7-12)14-5-6-25(10-17(14)24-16)18-9-21(27)26(22(18)28)13-2-4-19-20(8-13)30-11-29-19/h1-4,7-8,18,24H,5-6,9-11H2/t18-/m1/s1. The topological polar surface area (TPSA) is 74.9 Å². The fraction of sp³-hybridized carbons (Fsp3) is 0.273. The number of H-pyrrole nitrogens is 1. The third kappa shape index (κ3) is 2.62. The van der Waals surface area contributed by atoms with Crippen LogP contribution in [0.2, 0.25) is 5.02 Å². The van der Waals surface area contributed by atoms with Gasteiger partial charge in [0.05, 0.1) is 18.2 Å². The third-order valence-electron chi connectivity index (χ3n) is 6.14. The number of fused-ring (bicyclic) bond motifs is 4. The number of anilines is 1. The molecule has 3 aliphatic rings. The highest BCUT2D eigenvalue weighted by Gasteiger charge is 2.44. The van der Waals surface area contributed by atoms with Gasteiger partial charge in [-0.05, 0) is 42.3 Å². The van der Waals surface area contributed by atoms with Crippen molar-refractivity contribution >= 4 is 40.0 Å². The van der Waals surface area contributed by atoms with Crippen molar-refractivity contribution in [2.75, 3.05) is 18.2 Å². The molecule has 0 radical (unpaired) electrons. The number of nitrogens with one attached hydrogen (secondary N) is 1. The molecule has 0 spiro atoms. The van der Waals surface area contributed by atoms with E-state index in [2.05, 4.69) is 9.88 Å². The zero-order valence-electron chi connectivity index (χ0n) is 16.0. The maximum absolute atomic E-state index is 13.2. The number of hydrogen-bond acceptors (Lipinski definition) is 5. The van der Waals surface area contributed by atoms with E-state index in [1.807, 2.05) is 18.2 Å². The lowest BCUT2D eigenvalue weighted by atomic mass is 10.0. The average molecular weight is 424 g/mol. The van der Waals surface area contributed by atoms with Crippen molar-refractivity contribution in [3.63, 3.8) is 0 Å². The highest BCUT2D eigenvalue weighted by atomic mass is 35.5. The third-order valence-corrected chi connectivity index (χ3v) is 6.38. The van der Waals surface area contributed by atoms with Crippen molar-refractivity contribution in [3.05, 3.63) is 52.7 Å². The van der Waals surface area contributed by atoms with Gasteiger partial charge in [-0.1, -0.05) is 11.6 Å². The van der Waals surface area contributed by atoms with Gasteiger partial charge in [0.1, 0.15) is 0 Å². The number of halogens is 1. The lowest BCUT2D eigenvalue weighted by Crippen LogP contribution is -2.44. The normalized spacial score (nSPS) is 21.0. The Hall–Kier alpha value is -3.03. The fourth-order valence-corrected chi connectivity index (χ4v) is 4.87. The number of amides is 2. The summed E-state index contributed by atoms with van der Waals surface area (Å²) in [6, 6.07) is 10.5. The van der Waals surface area contributed by atoms with E-state index < -0.39 is 6.04 Å². The minimum atomic E-state index is -0.467. The smallest absolute Gasteiger partial charge is 0.251 e. The first-order valence-electron chi connectivity index (χ1n) is 9.88. The largest absolute Gasteiger partial charge is 0.454 e. The van der Waals surface area contributed by atoms with E-state index in [1.165, 1.54) is 10.5 Å². The Kier molecular flexibility index (Phi) is 3.85. The predicted molar refractivity (Wildman–Crippen MR) is 111 cm³/mol. The summed E-state index contributed by atoms with van der Waals surface area (Å²) < 4.78 is 10.7. The van der Waals surface area contributed by atoms with Crippen molar-refractivity contribution in [2.45, 2.75) is 25.4 Å². The summed E-state index contributed by atoms with van der Waals surface area (Å²) in [5.41, 5.74) is 3.89. The number of imide groups is 1. The first kappa shape index (κ1) is 17.8. The number of carbonyl (C=O) groups is 2. The molecule has 1 aromatic heterocycles. The van der Waals surface area contributed by atoms with Crippen LogP contribution >= 0.6 is 11.6 Å². The molecule has 8 heteroatoms. The molecule has 3 aliphatic heterocycles. The predicted octanol–water partition coefficient (Wildman–Crippen LogP) is 3.24. The van der Waals surface area contributed by atoms with E-state index in [-0.39, 0.29) is 25.0 Å². The molecule has 1 saturated heterocycles. The van der Waals surface area contributed by atoms with E-state index in [0.717, 1.165) is 23.0 Å². The monoisotopic (exact) mass is 423 g/mol. The SMILES string of the molecule is O=C1C[C@@H](N2CCc3c([nH]c4ccc(Cl)cc34)C2)C(=O)N1c1ccc2c(c1)OCO2. The molecule has 2 aromatic carbocycles. The second-order valence-corrected chi connectivity index (χ2v) is 8.25. The van der Waals surface area contributed by atoms with Crippen LogP contribution in [0.15, 0.2) is 36.4 Å². The van der Waals surface area contributed by atoms with Gasteiger partial charge >= 0.3 is 0 Å². The van der Waals surface area contributed by atoms with Gasteiger partial charge < -0.3 is 14.5 Å². The molecule has 30 heavy (non-hydrogen) atoms. The zero-order chi connectivity index (χ0) is 20.4.